The van der Waals surface area contributed by atoms with E-state index in [1.54, 1.807) is 6.20 Å². The minimum absolute atomic E-state index is 0.447. The van der Waals surface area contributed by atoms with Crippen LogP contribution >= 0.6 is 0 Å². The van der Waals surface area contributed by atoms with Gasteiger partial charge in [0, 0.05) is 24.4 Å². The topological polar surface area (TPSA) is 50.2 Å². The Kier molecular flexibility index (Phi) is 4.10. The van der Waals surface area contributed by atoms with E-state index in [-0.39, 0.29) is 0 Å². The Bertz CT molecular complexity index is 749. The van der Waals surface area contributed by atoms with Crippen molar-refractivity contribution in [2.24, 2.45) is 4.99 Å². The molecule has 1 N–H and O–H groups in total. The van der Waals surface area contributed by atoms with Gasteiger partial charge in [0.2, 0.25) is 0 Å². The van der Waals surface area contributed by atoms with Crippen molar-refractivity contribution in [2.75, 3.05) is 11.9 Å². The number of rotatable bonds is 3. The number of dihydropyridines is 1. The van der Waals surface area contributed by atoms with Gasteiger partial charge in [0.1, 0.15) is 11.5 Å². The zero-order valence-electron chi connectivity index (χ0n) is 12.0. The molecule has 0 unspecified atom stereocenters. The van der Waals surface area contributed by atoms with Crippen molar-refractivity contribution >= 4 is 23.3 Å². The summed E-state index contributed by atoms with van der Waals surface area (Å²) in [5.41, 5.74) is 1.51. The first-order valence-electron chi connectivity index (χ1n) is 6.97. The maximum Gasteiger partial charge on any atom is 0.433 e. The molecular weight excluding hydrogens is 305 g/mol. The highest BCUT2D eigenvalue weighted by Crippen LogP contribution is 2.30. The number of aliphatic imine (C=N–C) groups is 1. The first-order chi connectivity index (χ1) is 11.0. The van der Waals surface area contributed by atoms with Gasteiger partial charge in [0.05, 0.1) is 18.4 Å². The molecule has 3 rings (SSSR count). The van der Waals surface area contributed by atoms with E-state index in [9.17, 15) is 13.2 Å². The predicted octanol–water partition coefficient (Wildman–Crippen LogP) is 4.10. The molecule has 1 aliphatic rings. The van der Waals surface area contributed by atoms with Crippen LogP contribution in [0.25, 0.3) is 5.57 Å². The molecular formula is C16H13F3N4. The smallest absolute Gasteiger partial charge is 0.338 e. The fraction of sp³-hybridized carbons (Fsp3) is 0.188. The third-order valence-electron chi connectivity index (χ3n) is 3.35. The lowest BCUT2D eigenvalue weighted by molar-refractivity contribution is -0.141. The summed E-state index contributed by atoms with van der Waals surface area (Å²) >= 11 is 0. The molecule has 23 heavy (non-hydrogen) atoms. The van der Waals surface area contributed by atoms with E-state index in [0.717, 1.165) is 23.4 Å². The van der Waals surface area contributed by atoms with Crippen molar-refractivity contribution in [1.29, 1.82) is 0 Å². The first kappa shape index (κ1) is 15.2. The fourth-order valence-corrected chi connectivity index (χ4v) is 2.24. The Labute approximate surface area is 130 Å². The summed E-state index contributed by atoms with van der Waals surface area (Å²) in [7, 11) is 0. The molecule has 0 atom stereocenters. The third-order valence-corrected chi connectivity index (χ3v) is 3.35. The lowest BCUT2D eigenvalue weighted by Crippen LogP contribution is -2.08. The number of aromatic nitrogens is 2. The van der Waals surface area contributed by atoms with Crippen LogP contribution < -0.4 is 5.32 Å². The second-order valence-corrected chi connectivity index (χ2v) is 4.94. The Morgan fingerprint density at radius 3 is 2.61 bits per heavy atom. The second-order valence-electron chi connectivity index (χ2n) is 4.94. The van der Waals surface area contributed by atoms with Gasteiger partial charge < -0.3 is 5.32 Å². The van der Waals surface area contributed by atoms with Crippen molar-refractivity contribution < 1.29 is 13.2 Å². The van der Waals surface area contributed by atoms with Gasteiger partial charge in [0.25, 0.3) is 0 Å². The van der Waals surface area contributed by atoms with Gasteiger partial charge in [-0.15, -0.1) is 0 Å². The number of anilines is 2. The Hall–Kier alpha value is -2.70. The Balaban J connectivity index is 1.85. The minimum Gasteiger partial charge on any atom is -0.338 e. The summed E-state index contributed by atoms with van der Waals surface area (Å²) in [6, 6.07) is 6.01. The van der Waals surface area contributed by atoms with Crippen LogP contribution in [0.2, 0.25) is 0 Å². The quantitative estimate of drug-likeness (QED) is 0.927. The van der Waals surface area contributed by atoms with Crippen LogP contribution in [0.4, 0.5) is 24.7 Å². The van der Waals surface area contributed by atoms with Gasteiger partial charge >= 0.3 is 6.18 Å². The van der Waals surface area contributed by atoms with Gasteiger partial charge in [-0.1, -0.05) is 6.08 Å². The number of nitrogens with zero attached hydrogens (tertiary/aromatic N) is 3. The Morgan fingerprint density at radius 2 is 1.96 bits per heavy atom. The summed E-state index contributed by atoms with van der Waals surface area (Å²) in [5.74, 6) is 0.579. The molecule has 0 aliphatic carbocycles. The summed E-state index contributed by atoms with van der Waals surface area (Å²) in [6.45, 7) is 0.617. The largest absolute Gasteiger partial charge is 0.433 e. The van der Waals surface area contributed by atoms with Crippen molar-refractivity contribution in [3.05, 3.63) is 54.0 Å². The molecule has 3 heterocycles. The second kappa shape index (κ2) is 6.20. The van der Waals surface area contributed by atoms with Crippen LogP contribution in [-0.4, -0.2) is 22.7 Å². The summed E-state index contributed by atoms with van der Waals surface area (Å²) in [5, 5.41) is 3.02. The van der Waals surface area contributed by atoms with Crippen LogP contribution in [0.5, 0.6) is 0 Å². The molecule has 4 nitrogen and oxygen atoms in total. The Morgan fingerprint density at radius 1 is 1.09 bits per heavy atom. The number of hydrogen-bond donors (Lipinski definition) is 1. The molecule has 0 saturated carbocycles. The highest BCUT2D eigenvalue weighted by atomic mass is 19.4. The van der Waals surface area contributed by atoms with Crippen LogP contribution in [0.1, 0.15) is 17.7 Å². The molecule has 0 bridgehead atoms. The van der Waals surface area contributed by atoms with Gasteiger partial charge in [-0.25, -0.2) is 9.97 Å². The molecule has 2 aromatic rings. The number of hydrogen-bond acceptors (Lipinski definition) is 4. The summed E-state index contributed by atoms with van der Waals surface area (Å²) in [4.78, 5) is 11.9. The van der Waals surface area contributed by atoms with Crippen LogP contribution in [0.15, 0.2) is 47.7 Å². The molecule has 7 heteroatoms. The highest BCUT2D eigenvalue weighted by molar-refractivity contribution is 5.86. The zero-order chi connectivity index (χ0) is 16.3. The minimum atomic E-state index is -4.44. The number of nitrogens with one attached hydrogen (secondary N) is 1. The fourth-order valence-electron chi connectivity index (χ4n) is 2.24. The molecule has 2 aromatic heterocycles. The molecule has 118 valence electrons. The molecule has 0 amide bonds. The van der Waals surface area contributed by atoms with E-state index in [0.29, 0.717) is 24.5 Å². The molecule has 0 aromatic carbocycles. The number of halogens is 3. The third kappa shape index (κ3) is 3.56. The number of pyridine rings is 2. The summed E-state index contributed by atoms with van der Waals surface area (Å²) < 4.78 is 37.6. The van der Waals surface area contributed by atoms with Crippen molar-refractivity contribution in [3.63, 3.8) is 0 Å². The lowest BCUT2D eigenvalue weighted by atomic mass is 10.0. The van der Waals surface area contributed by atoms with Crippen LogP contribution in [0.3, 0.4) is 0 Å². The van der Waals surface area contributed by atoms with E-state index in [4.69, 9.17) is 0 Å². The van der Waals surface area contributed by atoms with Crippen LogP contribution in [0, 0.1) is 0 Å². The lowest BCUT2D eigenvalue weighted by Gasteiger charge is -2.14. The average molecular weight is 318 g/mol. The highest BCUT2D eigenvalue weighted by Gasteiger charge is 2.32. The summed E-state index contributed by atoms with van der Waals surface area (Å²) in [6.07, 6.45) is 2.88. The van der Waals surface area contributed by atoms with Crippen molar-refractivity contribution in [1.82, 2.24) is 9.97 Å². The molecule has 0 fully saturated rings. The van der Waals surface area contributed by atoms with Gasteiger partial charge in [0.15, 0.2) is 0 Å². The molecule has 0 spiro atoms. The van der Waals surface area contributed by atoms with E-state index < -0.39 is 11.9 Å². The molecule has 1 aliphatic heterocycles. The maximum atomic E-state index is 12.5. The van der Waals surface area contributed by atoms with Crippen molar-refractivity contribution in [3.8, 4) is 0 Å². The maximum absolute atomic E-state index is 12.5. The average Bonchev–Trinajstić information content (AvgIpc) is 2.56. The first-order valence-corrected chi connectivity index (χ1v) is 6.97. The number of allylic oxidation sites excluding steroid dienone is 1. The predicted molar refractivity (Wildman–Crippen MR) is 82.7 cm³/mol. The van der Waals surface area contributed by atoms with E-state index in [1.165, 1.54) is 6.07 Å². The van der Waals surface area contributed by atoms with Gasteiger partial charge in [-0.2, -0.15) is 13.2 Å². The molecule has 0 radical (unpaired) electrons. The van der Waals surface area contributed by atoms with Gasteiger partial charge in [-0.3, -0.25) is 4.99 Å². The standard InChI is InChI=1S/C16H13F3N4/c17-16(18,19)14-4-3-12(10-22-14)23-15-13(2-1-7-21-15)11-5-8-20-9-6-11/h1-5,7,9-10H,6,8H2,(H,21,23). The monoisotopic (exact) mass is 318 g/mol. The van der Waals surface area contributed by atoms with E-state index in [1.807, 2.05) is 24.4 Å². The zero-order valence-corrected chi connectivity index (χ0v) is 12.0. The van der Waals surface area contributed by atoms with Crippen LogP contribution in [-0.2, 0) is 6.18 Å². The van der Waals surface area contributed by atoms with Gasteiger partial charge in [-0.05, 0) is 29.8 Å². The van der Waals surface area contributed by atoms with Crippen molar-refractivity contribution in [2.45, 2.75) is 12.6 Å². The number of alkyl halides is 3. The SMILES string of the molecule is FC(F)(F)c1ccc(Nc2ncccc2C2=CCN=CC2)cn1. The van der Waals surface area contributed by atoms with E-state index >= 15 is 0 Å². The molecule has 0 saturated heterocycles. The van der Waals surface area contributed by atoms with E-state index in [2.05, 4.69) is 20.3 Å². The normalized spacial score (nSPS) is 14.5.